The Morgan fingerprint density at radius 3 is 2.64 bits per heavy atom. The summed E-state index contributed by atoms with van der Waals surface area (Å²) in [5.41, 5.74) is 6.10. The third kappa shape index (κ3) is 4.85. The van der Waals surface area contributed by atoms with Crippen LogP contribution in [-0.4, -0.2) is 47.7 Å². The standard InChI is InChI=1S/C23H24N6O3S/c1-4-6-20-21-22(27-26-14-16-9-11-19(12-10-16)33(3,30)31)24-15-25-23(21)29(28-20)17-7-5-8-18(13-17)32-2/h5,7-15H,4,6H2,1-3H3,(H,24,25,27). The molecule has 0 spiro atoms. The molecule has 0 saturated heterocycles. The molecule has 0 unspecified atom stereocenters. The Hall–Kier alpha value is -3.79. The van der Waals surface area contributed by atoms with Crippen molar-refractivity contribution in [1.82, 2.24) is 19.7 Å². The van der Waals surface area contributed by atoms with Gasteiger partial charge in [-0.25, -0.2) is 23.1 Å². The van der Waals surface area contributed by atoms with E-state index >= 15 is 0 Å². The van der Waals surface area contributed by atoms with Crippen molar-refractivity contribution in [2.75, 3.05) is 18.8 Å². The second kappa shape index (κ2) is 9.37. The number of anilines is 1. The van der Waals surface area contributed by atoms with E-state index in [1.165, 1.54) is 12.6 Å². The van der Waals surface area contributed by atoms with Crippen molar-refractivity contribution in [1.29, 1.82) is 0 Å². The average Bonchev–Trinajstić information content (AvgIpc) is 3.18. The molecular weight excluding hydrogens is 440 g/mol. The fraction of sp³-hybridized carbons (Fsp3) is 0.217. The molecule has 1 N–H and O–H groups in total. The smallest absolute Gasteiger partial charge is 0.175 e. The van der Waals surface area contributed by atoms with E-state index in [9.17, 15) is 8.42 Å². The molecule has 33 heavy (non-hydrogen) atoms. The van der Waals surface area contributed by atoms with Gasteiger partial charge in [0, 0.05) is 12.3 Å². The Morgan fingerprint density at radius 2 is 1.94 bits per heavy atom. The van der Waals surface area contributed by atoms with Gasteiger partial charge < -0.3 is 4.74 Å². The Balaban J connectivity index is 1.68. The van der Waals surface area contributed by atoms with Crippen LogP contribution < -0.4 is 10.2 Å². The summed E-state index contributed by atoms with van der Waals surface area (Å²) in [6.45, 7) is 2.09. The first kappa shape index (κ1) is 22.4. The van der Waals surface area contributed by atoms with Crippen molar-refractivity contribution in [2.45, 2.75) is 24.7 Å². The molecule has 0 aliphatic carbocycles. The lowest BCUT2D eigenvalue weighted by Crippen LogP contribution is -2.00. The van der Waals surface area contributed by atoms with E-state index in [4.69, 9.17) is 9.84 Å². The maximum absolute atomic E-state index is 11.6. The number of hydrogen-bond acceptors (Lipinski definition) is 8. The minimum atomic E-state index is -3.24. The lowest BCUT2D eigenvalue weighted by atomic mass is 10.2. The number of nitrogens with one attached hydrogen (secondary N) is 1. The molecule has 0 radical (unpaired) electrons. The van der Waals surface area contributed by atoms with Crippen molar-refractivity contribution in [3.63, 3.8) is 0 Å². The van der Waals surface area contributed by atoms with Gasteiger partial charge in [-0.1, -0.05) is 31.5 Å². The van der Waals surface area contributed by atoms with E-state index in [1.54, 1.807) is 42.3 Å². The zero-order chi connectivity index (χ0) is 23.4. The fourth-order valence-electron chi connectivity index (χ4n) is 3.41. The summed E-state index contributed by atoms with van der Waals surface area (Å²) in [5.74, 6) is 1.27. The van der Waals surface area contributed by atoms with Gasteiger partial charge in [0.1, 0.15) is 12.1 Å². The topological polar surface area (TPSA) is 111 Å². The van der Waals surface area contributed by atoms with Crippen LogP contribution in [0.3, 0.4) is 0 Å². The quantitative estimate of drug-likeness (QED) is 0.313. The molecule has 0 amide bonds. The SMILES string of the molecule is CCCc1nn(-c2cccc(OC)c2)c2ncnc(NN=Cc3ccc(S(C)(=O)=O)cc3)c12. The molecule has 170 valence electrons. The van der Waals surface area contributed by atoms with Gasteiger partial charge in [-0.15, -0.1) is 0 Å². The maximum Gasteiger partial charge on any atom is 0.175 e. The van der Waals surface area contributed by atoms with Gasteiger partial charge in [0.25, 0.3) is 0 Å². The maximum atomic E-state index is 11.6. The van der Waals surface area contributed by atoms with Crippen molar-refractivity contribution in [3.05, 3.63) is 66.1 Å². The minimum absolute atomic E-state index is 0.263. The highest BCUT2D eigenvalue weighted by Gasteiger charge is 2.17. The highest BCUT2D eigenvalue weighted by atomic mass is 32.2. The van der Waals surface area contributed by atoms with E-state index in [0.717, 1.165) is 40.9 Å². The first-order valence-corrected chi connectivity index (χ1v) is 12.3. The average molecular weight is 465 g/mol. The number of ether oxygens (including phenoxy) is 1. The number of aryl methyl sites for hydroxylation is 1. The van der Waals surface area contributed by atoms with Gasteiger partial charge in [-0.2, -0.15) is 10.2 Å². The summed E-state index contributed by atoms with van der Waals surface area (Å²) in [6, 6.07) is 14.1. The van der Waals surface area contributed by atoms with E-state index in [-0.39, 0.29) is 4.90 Å². The Morgan fingerprint density at radius 1 is 1.15 bits per heavy atom. The first-order valence-electron chi connectivity index (χ1n) is 10.4. The van der Waals surface area contributed by atoms with Crippen LogP contribution in [0.15, 0.2) is 64.9 Å². The summed E-state index contributed by atoms with van der Waals surface area (Å²) in [7, 11) is -1.61. The van der Waals surface area contributed by atoms with Crippen molar-refractivity contribution < 1.29 is 13.2 Å². The van der Waals surface area contributed by atoms with Crippen LogP contribution in [0.1, 0.15) is 24.6 Å². The number of benzene rings is 2. The molecule has 4 aromatic rings. The molecule has 0 bridgehead atoms. The summed E-state index contributed by atoms with van der Waals surface area (Å²) in [6.07, 6.45) is 5.92. The van der Waals surface area contributed by atoms with Crippen molar-refractivity contribution in [2.24, 2.45) is 5.10 Å². The number of rotatable bonds is 8. The minimum Gasteiger partial charge on any atom is -0.497 e. The Labute approximate surface area is 192 Å². The summed E-state index contributed by atoms with van der Waals surface area (Å²) >= 11 is 0. The third-order valence-electron chi connectivity index (χ3n) is 5.01. The fourth-order valence-corrected chi connectivity index (χ4v) is 4.04. The lowest BCUT2D eigenvalue weighted by molar-refractivity contribution is 0.414. The molecular formula is C23H24N6O3S. The predicted molar refractivity (Wildman–Crippen MR) is 128 cm³/mol. The predicted octanol–water partition coefficient (Wildman–Crippen LogP) is 3.63. The second-order valence-electron chi connectivity index (χ2n) is 7.44. The third-order valence-corrected chi connectivity index (χ3v) is 6.14. The first-order chi connectivity index (χ1) is 15.9. The van der Waals surface area contributed by atoms with Gasteiger partial charge in [0.15, 0.2) is 21.3 Å². The summed E-state index contributed by atoms with van der Waals surface area (Å²) in [4.78, 5) is 9.11. The molecule has 9 nitrogen and oxygen atoms in total. The molecule has 2 heterocycles. The van der Waals surface area contributed by atoms with E-state index in [2.05, 4.69) is 27.4 Å². The summed E-state index contributed by atoms with van der Waals surface area (Å²) in [5, 5.41) is 9.88. The molecule has 2 aromatic carbocycles. The second-order valence-corrected chi connectivity index (χ2v) is 9.46. The van der Waals surface area contributed by atoms with E-state index < -0.39 is 9.84 Å². The van der Waals surface area contributed by atoms with Crippen LogP contribution in [0, 0.1) is 0 Å². The highest BCUT2D eigenvalue weighted by molar-refractivity contribution is 7.90. The normalized spacial score (nSPS) is 11.8. The number of aromatic nitrogens is 4. The lowest BCUT2D eigenvalue weighted by Gasteiger charge is -2.06. The number of hydrazone groups is 1. The molecule has 0 fully saturated rings. The van der Waals surface area contributed by atoms with E-state index in [0.29, 0.717) is 11.5 Å². The molecule has 0 aliphatic rings. The Kier molecular flexibility index (Phi) is 6.36. The molecule has 2 aromatic heterocycles. The van der Waals surface area contributed by atoms with Gasteiger partial charge in [-0.3, -0.25) is 5.43 Å². The zero-order valence-corrected chi connectivity index (χ0v) is 19.4. The van der Waals surface area contributed by atoms with Gasteiger partial charge in [0.2, 0.25) is 0 Å². The van der Waals surface area contributed by atoms with Crippen LogP contribution in [0.5, 0.6) is 5.75 Å². The summed E-state index contributed by atoms with van der Waals surface area (Å²) < 4.78 is 30.4. The molecule has 0 atom stereocenters. The van der Waals surface area contributed by atoms with Crippen LogP contribution in [0.25, 0.3) is 16.7 Å². The van der Waals surface area contributed by atoms with Crippen LogP contribution >= 0.6 is 0 Å². The molecule has 10 heteroatoms. The van der Waals surface area contributed by atoms with Gasteiger partial charge >= 0.3 is 0 Å². The highest BCUT2D eigenvalue weighted by Crippen LogP contribution is 2.28. The van der Waals surface area contributed by atoms with E-state index in [1.807, 2.05) is 24.3 Å². The number of sulfone groups is 1. The van der Waals surface area contributed by atoms with Crippen molar-refractivity contribution >= 4 is 32.9 Å². The van der Waals surface area contributed by atoms with Crippen LogP contribution in [-0.2, 0) is 16.3 Å². The molecule has 4 rings (SSSR count). The van der Waals surface area contributed by atoms with Crippen molar-refractivity contribution in [3.8, 4) is 11.4 Å². The monoisotopic (exact) mass is 464 g/mol. The number of fused-ring (bicyclic) bond motifs is 1. The number of nitrogens with zero attached hydrogens (tertiary/aromatic N) is 5. The zero-order valence-electron chi connectivity index (χ0n) is 18.6. The van der Waals surface area contributed by atoms with Crippen LogP contribution in [0.2, 0.25) is 0 Å². The van der Waals surface area contributed by atoms with Gasteiger partial charge in [-0.05, 0) is 36.2 Å². The van der Waals surface area contributed by atoms with Crippen LogP contribution in [0.4, 0.5) is 5.82 Å². The molecule has 0 aliphatic heterocycles. The number of methoxy groups -OCH3 is 1. The molecule has 0 saturated carbocycles. The Bertz CT molecular complexity index is 1410. The van der Waals surface area contributed by atoms with Gasteiger partial charge in [0.05, 0.1) is 35.0 Å². The largest absolute Gasteiger partial charge is 0.497 e. The number of hydrogen-bond donors (Lipinski definition) is 1.